The van der Waals surface area contributed by atoms with Crippen LogP contribution in [0.15, 0.2) is 73.1 Å². The molecule has 10 nitrogen and oxygen atoms in total. The normalized spacial score (nSPS) is 15.6. The molecular weight excluding hydrogens is 608 g/mol. The Morgan fingerprint density at radius 3 is 2.54 bits per heavy atom. The Balaban J connectivity index is 1.09. The molecule has 0 atom stereocenters. The van der Waals surface area contributed by atoms with E-state index in [2.05, 4.69) is 24.2 Å². The van der Waals surface area contributed by atoms with Crippen LogP contribution in [0.25, 0.3) is 11.1 Å². The van der Waals surface area contributed by atoms with E-state index in [4.69, 9.17) is 4.74 Å². The third-order valence-corrected chi connectivity index (χ3v) is 9.64. The van der Waals surface area contributed by atoms with Crippen LogP contribution in [-0.2, 0) is 22.6 Å². The fourth-order valence-electron chi connectivity index (χ4n) is 6.63. The van der Waals surface area contributed by atoms with Crippen molar-refractivity contribution in [1.82, 2.24) is 14.7 Å². The number of ether oxygens (including phenoxy) is 1. The number of nitrogens with zero attached hydrogens (tertiary/aromatic N) is 4. The monoisotopic (exact) mass is 650 g/mol. The van der Waals surface area contributed by atoms with Gasteiger partial charge in [-0.15, -0.1) is 0 Å². The van der Waals surface area contributed by atoms with E-state index in [1.165, 1.54) is 5.56 Å². The summed E-state index contributed by atoms with van der Waals surface area (Å²) in [6, 6.07) is 19.5. The second-order valence-corrected chi connectivity index (χ2v) is 12.9. The molecule has 2 aliphatic heterocycles. The summed E-state index contributed by atoms with van der Waals surface area (Å²) < 4.78 is 7.82. The number of carbonyl (C=O) groups is 3. The topological polar surface area (TPSA) is 125 Å². The highest BCUT2D eigenvalue weighted by Crippen LogP contribution is 2.36. The van der Waals surface area contributed by atoms with Crippen molar-refractivity contribution in [3.63, 3.8) is 0 Å². The standard InChI is InChI=1S/C38H42N4O6/c1-26-8-3-14-34(27(26)2)48-21-7-15-35(43)42-18-6-12-32-31(11-5-13-33(32)42)30-23-39-41(25-30)24-28-9-4-10-29(22-28)36(44)40-19-16-38(47,17-20-40)37(45)46/h3-5,8-11,13-14,22-23,25,47H,6-7,12,15-21,24H2,1-2H3,(H,45,46). The fraction of sp³-hybridized carbons (Fsp3) is 0.368. The summed E-state index contributed by atoms with van der Waals surface area (Å²) in [5, 5.41) is 24.1. The first-order chi connectivity index (χ1) is 23.1. The Hall–Kier alpha value is -4.96. The van der Waals surface area contributed by atoms with Crippen LogP contribution >= 0.6 is 0 Å². The molecule has 2 aliphatic rings. The second kappa shape index (κ2) is 14.0. The van der Waals surface area contributed by atoms with E-state index in [0.717, 1.165) is 52.1 Å². The molecule has 0 aliphatic carbocycles. The lowest BCUT2D eigenvalue weighted by Crippen LogP contribution is -2.50. The predicted octanol–water partition coefficient (Wildman–Crippen LogP) is 5.41. The van der Waals surface area contributed by atoms with Crippen molar-refractivity contribution in [2.75, 3.05) is 31.1 Å². The largest absolute Gasteiger partial charge is 0.493 e. The van der Waals surface area contributed by atoms with Crippen molar-refractivity contribution in [3.05, 3.63) is 101 Å². The van der Waals surface area contributed by atoms with E-state index in [-0.39, 0.29) is 37.7 Å². The van der Waals surface area contributed by atoms with E-state index in [9.17, 15) is 24.6 Å². The molecule has 3 heterocycles. The third-order valence-electron chi connectivity index (χ3n) is 9.64. The lowest BCUT2D eigenvalue weighted by atomic mass is 9.91. The molecule has 0 spiro atoms. The first kappa shape index (κ1) is 33.0. The molecule has 1 aromatic heterocycles. The smallest absolute Gasteiger partial charge is 0.335 e. The first-order valence-electron chi connectivity index (χ1n) is 16.6. The number of anilines is 1. The van der Waals surface area contributed by atoms with Gasteiger partial charge in [-0.25, -0.2) is 4.79 Å². The summed E-state index contributed by atoms with van der Waals surface area (Å²) in [6.07, 6.45) is 6.65. The van der Waals surface area contributed by atoms with Crippen molar-refractivity contribution in [2.24, 2.45) is 0 Å². The Kier molecular flexibility index (Phi) is 9.63. The zero-order chi connectivity index (χ0) is 33.8. The Morgan fingerprint density at radius 1 is 0.979 bits per heavy atom. The SMILES string of the molecule is Cc1cccc(OCCCC(=O)N2CCCc3c(-c4cnn(Cc5cccc(C(=O)N6CCC(O)(C(=O)O)CC6)c5)c4)cccc32)c1C. The molecular formula is C38H42N4O6. The molecule has 10 heteroatoms. The van der Waals surface area contributed by atoms with Gasteiger partial charge < -0.3 is 24.7 Å². The van der Waals surface area contributed by atoms with Gasteiger partial charge in [-0.2, -0.15) is 5.10 Å². The van der Waals surface area contributed by atoms with Crippen molar-refractivity contribution in [1.29, 1.82) is 0 Å². The van der Waals surface area contributed by atoms with Gasteiger partial charge in [-0.1, -0.05) is 36.4 Å². The maximum absolute atomic E-state index is 13.4. The Morgan fingerprint density at radius 2 is 1.75 bits per heavy atom. The molecule has 3 aromatic carbocycles. The zero-order valence-corrected chi connectivity index (χ0v) is 27.5. The van der Waals surface area contributed by atoms with Gasteiger partial charge in [-0.3, -0.25) is 14.3 Å². The van der Waals surface area contributed by atoms with E-state index in [0.29, 0.717) is 38.1 Å². The molecule has 0 radical (unpaired) electrons. The van der Waals surface area contributed by atoms with Crippen LogP contribution in [0.3, 0.4) is 0 Å². The lowest BCUT2D eigenvalue weighted by Gasteiger charge is -2.35. The summed E-state index contributed by atoms with van der Waals surface area (Å²) in [6.45, 7) is 6.12. The number of aliphatic carboxylic acids is 1. The maximum atomic E-state index is 13.4. The number of aryl methyl sites for hydroxylation is 1. The molecule has 1 fully saturated rings. The second-order valence-electron chi connectivity index (χ2n) is 12.9. The van der Waals surface area contributed by atoms with Crippen molar-refractivity contribution in [2.45, 2.75) is 64.5 Å². The minimum Gasteiger partial charge on any atom is -0.493 e. The van der Waals surface area contributed by atoms with Crippen LogP contribution < -0.4 is 9.64 Å². The zero-order valence-electron chi connectivity index (χ0n) is 27.5. The minimum atomic E-state index is -1.78. The number of hydrogen-bond acceptors (Lipinski definition) is 6. The van der Waals surface area contributed by atoms with Crippen LogP contribution in [0.2, 0.25) is 0 Å². The molecule has 4 aromatic rings. The first-order valence-corrected chi connectivity index (χ1v) is 16.6. The minimum absolute atomic E-state index is 0.00214. The number of carboxylic acids is 1. The van der Waals surface area contributed by atoms with Crippen LogP contribution in [0.1, 0.15) is 64.7 Å². The molecule has 48 heavy (non-hydrogen) atoms. The van der Waals surface area contributed by atoms with Crippen LogP contribution in [0.5, 0.6) is 5.75 Å². The van der Waals surface area contributed by atoms with E-state index < -0.39 is 11.6 Å². The van der Waals surface area contributed by atoms with Crippen molar-refractivity contribution >= 4 is 23.5 Å². The van der Waals surface area contributed by atoms with Crippen LogP contribution in [0, 0.1) is 13.8 Å². The molecule has 2 N–H and O–H groups in total. The number of carboxylic acid groups (broad SMARTS) is 1. The average Bonchev–Trinajstić information content (AvgIpc) is 3.56. The number of amides is 2. The molecule has 0 saturated carbocycles. The number of piperidine rings is 1. The molecule has 1 saturated heterocycles. The highest BCUT2D eigenvalue weighted by molar-refractivity contribution is 5.96. The summed E-state index contributed by atoms with van der Waals surface area (Å²) >= 11 is 0. The third kappa shape index (κ3) is 6.99. The van der Waals surface area contributed by atoms with E-state index >= 15 is 0 Å². The van der Waals surface area contributed by atoms with Gasteiger partial charge in [0.25, 0.3) is 5.91 Å². The van der Waals surface area contributed by atoms with Gasteiger partial charge >= 0.3 is 5.97 Å². The number of carbonyl (C=O) groups excluding carboxylic acids is 2. The van der Waals surface area contributed by atoms with Crippen LogP contribution in [0.4, 0.5) is 5.69 Å². The van der Waals surface area contributed by atoms with Crippen molar-refractivity contribution in [3.8, 4) is 16.9 Å². The number of rotatable bonds is 10. The number of fused-ring (bicyclic) bond motifs is 1. The quantitative estimate of drug-likeness (QED) is 0.220. The molecule has 0 unspecified atom stereocenters. The van der Waals surface area contributed by atoms with Gasteiger partial charge in [0.1, 0.15) is 5.75 Å². The van der Waals surface area contributed by atoms with Gasteiger partial charge in [0.05, 0.1) is 19.3 Å². The Bertz CT molecular complexity index is 1820. The highest BCUT2D eigenvalue weighted by atomic mass is 16.5. The molecule has 6 rings (SSSR count). The number of hydrogen-bond donors (Lipinski definition) is 2. The molecule has 0 bridgehead atoms. The maximum Gasteiger partial charge on any atom is 0.335 e. The number of aliphatic hydroxyl groups is 1. The van der Waals surface area contributed by atoms with Crippen LogP contribution in [-0.4, -0.2) is 74.5 Å². The number of likely N-dealkylation sites (tertiary alicyclic amines) is 1. The highest BCUT2D eigenvalue weighted by Gasteiger charge is 2.40. The van der Waals surface area contributed by atoms with E-state index in [1.54, 1.807) is 11.0 Å². The summed E-state index contributed by atoms with van der Waals surface area (Å²) in [4.78, 5) is 41.4. The summed E-state index contributed by atoms with van der Waals surface area (Å²) in [5.74, 6) is -0.463. The fourth-order valence-corrected chi connectivity index (χ4v) is 6.63. The number of aromatic nitrogens is 2. The van der Waals surface area contributed by atoms with Gasteiger partial charge in [0.2, 0.25) is 5.91 Å². The molecule has 2 amide bonds. The van der Waals surface area contributed by atoms with Gasteiger partial charge in [0, 0.05) is 61.9 Å². The average molecular weight is 651 g/mol. The summed E-state index contributed by atoms with van der Waals surface area (Å²) in [7, 11) is 0. The van der Waals surface area contributed by atoms with Crippen molar-refractivity contribution < 1.29 is 29.3 Å². The summed E-state index contributed by atoms with van der Waals surface area (Å²) in [5.41, 5.74) is 6.08. The Labute approximate surface area is 280 Å². The van der Waals surface area contributed by atoms with Gasteiger partial charge in [-0.05, 0) is 85.2 Å². The predicted molar refractivity (Wildman–Crippen MR) is 182 cm³/mol. The lowest BCUT2D eigenvalue weighted by molar-refractivity contribution is -0.162. The van der Waals surface area contributed by atoms with E-state index in [1.807, 2.05) is 71.4 Å². The molecule has 250 valence electrons. The number of benzene rings is 3. The van der Waals surface area contributed by atoms with Gasteiger partial charge in [0.15, 0.2) is 5.60 Å².